The maximum atomic E-state index is 11.8. The van der Waals surface area contributed by atoms with Crippen molar-refractivity contribution in [2.75, 3.05) is 13.7 Å². The normalized spacial score (nSPS) is 22.1. The molecule has 0 spiro atoms. The van der Waals surface area contributed by atoms with Crippen molar-refractivity contribution in [2.45, 2.75) is 12.5 Å². The van der Waals surface area contributed by atoms with Crippen molar-refractivity contribution in [3.8, 4) is 0 Å². The van der Waals surface area contributed by atoms with Gasteiger partial charge in [-0.05, 0) is 24.1 Å². The Kier molecular flexibility index (Phi) is 4.62. The highest BCUT2D eigenvalue weighted by Gasteiger charge is 2.48. The molecule has 1 aromatic rings. The van der Waals surface area contributed by atoms with Gasteiger partial charge in [-0.3, -0.25) is 9.59 Å². The molecule has 0 heterocycles. The standard InChI is InChI=1S/C14H16ClNO4/c1-20-12(8-3-2-4-9(15)5-8)7-16-13(17)10-6-11(10)14(18)19/h2-5,10-12H,6-7H2,1H3,(H,16,17)(H,18,19)/t10-,11-,12-/m1/s1. The number of aliphatic carboxylic acids is 1. The summed E-state index contributed by atoms with van der Waals surface area (Å²) in [6.07, 6.45) is 0.107. The summed E-state index contributed by atoms with van der Waals surface area (Å²) < 4.78 is 5.33. The van der Waals surface area contributed by atoms with Gasteiger partial charge in [0.25, 0.3) is 0 Å². The second kappa shape index (κ2) is 6.24. The van der Waals surface area contributed by atoms with E-state index in [0.717, 1.165) is 5.56 Å². The SMILES string of the molecule is CO[C@H](CNC(=O)[C@@H]1C[C@H]1C(=O)O)c1cccc(Cl)c1. The van der Waals surface area contributed by atoms with Crippen molar-refractivity contribution in [1.29, 1.82) is 0 Å². The van der Waals surface area contributed by atoms with Crippen LogP contribution in [-0.2, 0) is 14.3 Å². The van der Waals surface area contributed by atoms with Crippen LogP contribution in [-0.4, -0.2) is 30.6 Å². The molecule has 20 heavy (non-hydrogen) atoms. The van der Waals surface area contributed by atoms with Gasteiger partial charge in [-0.15, -0.1) is 0 Å². The van der Waals surface area contributed by atoms with Crippen molar-refractivity contribution >= 4 is 23.5 Å². The lowest BCUT2D eigenvalue weighted by Gasteiger charge is -2.16. The smallest absolute Gasteiger partial charge is 0.307 e. The first-order valence-electron chi connectivity index (χ1n) is 6.31. The highest BCUT2D eigenvalue weighted by Crippen LogP contribution is 2.38. The maximum Gasteiger partial charge on any atom is 0.307 e. The van der Waals surface area contributed by atoms with Gasteiger partial charge in [-0.1, -0.05) is 23.7 Å². The van der Waals surface area contributed by atoms with Gasteiger partial charge in [0.15, 0.2) is 0 Å². The van der Waals surface area contributed by atoms with Crippen LogP contribution in [0.4, 0.5) is 0 Å². The minimum absolute atomic E-state index is 0.235. The fraction of sp³-hybridized carbons (Fsp3) is 0.429. The molecule has 1 aliphatic rings. The molecular weight excluding hydrogens is 282 g/mol. The third-order valence-electron chi connectivity index (χ3n) is 3.41. The molecule has 1 amide bonds. The largest absolute Gasteiger partial charge is 0.481 e. The Morgan fingerprint density at radius 3 is 2.80 bits per heavy atom. The van der Waals surface area contributed by atoms with Crippen LogP contribution in [0.1, 0.15) is 18.1 Å². The van der Waals surface area contributed by atoms with Crippen molar-refractivity contribution in [3.05, 3.63) is 34.9 Å². The fourth-order valence-corrected chi connectivity index (χ4v) is 2.32. The van der Waals surface area contributed by atoms with E-state index in [2.05, 4.69) is 5.32 Å². The third-order valence-corrected chi connectivity index (χ3v) is 3.65. The minimum Gasteiger partial charge on any atom is -0.481 e. The van der Waals surface area contributed by atoms with E-state index in [0.29, 0.717) is 18.0 Å². The fourth-order valence-electron chi connectivity index (χ4n) is 2.13. The van der Waals surface area contributed by atoms with E-state index < -0.39 is 17.8 Å². The Balaban J connectivity index is 1.89. The number of halogens is 1. The molecule has 0 aromatic heterocycles. The first kappa shape index (κ1) is 14.8. The first-order chi connectivity index (χ1) is 9.52. The molecule has 1 saturated carbocycles. The van der Waals surface area contributed by atoms with E-state index in [1.165, 1.54) is 0 Å². The molecule has 2 N–H and O–H groups in total. The average molecular weight is 298 g/mol. The lowest BCUT2D eigenvalue weighted by molar-refractivity contribution is -0.140. The van der Waals surface area contributed by atoms with Crippen molar-refractivity contribution in [1.82, 2.24) is 5.32 Å². The van der Waals surface area contributed by atoms with E-state index in [1.54, 1.807) is 19.2 Å². The zero-order valence-electron chi connectivity index (χ0n) is 11.0. The number of carbonyl (C=O) groups excluding carboxylic acids is 1. The molecule has 0 radical (unpaired) electrons. The first-order valence-corrected chi connectivity index (χ1v) is 6.69. The Labute approximate surface area is 121 Å². The number of ether oxygens (including phenoxy) is 1. The van der Waals surface area contributed by atoms with Crippen molar-refractivity contribution in [2.24, 2.45) is 11.8 Å². The van der Waals surface area contributed by atoms with Crippen molar-refractivity contribution < 1.29 is 19.4 Å². The number of carbonyl (C=O) groups is 2. The summed E-state index contributed by atoms with van der Waals surface area (Å²) in [4.78, 5) is 22.5. The summed E-state index contributed by atoms with van der Waals surface area (Å²) in [6, 6.07) is 7.22. The molecule has 6 heteroatoms. The van der Waals surface area contributed by atoms with Crippen LogP contribution < -0.4 is 5.32 Å². The Morgan fingerprint density at radius 1 is 1.50 bits per heavy atom. The van der Waals surface area contributed by atoms with Crippen LogP contribution in [0.15, 0.2) is 24.3 Å². The molecule has 1 aliphatic carbocycles. The number of hydrogen-bond donors (Lipinski definition) is 2. The molecule has 2 rings (SSSR count). The molecule has 1 fully saturated rings. The lowest BCUT2D eigenvalue weighted by Crippen LogP contribution is -2.31. The van der Waals surface area contributed by atoms with Gasteiger partial charge in [0.1, 0.15) is 0 Å². The predicted molar refractivity (Wildman–Crippen MR) is 73.4 cm³/mol. The summed E-state index contributed by atoms with van der Waals surface area (Å²) in [6.45, 7) is 0.290. The Bertz CT molecular complexity index is 520. The summed E-state index contributed by atoms with van der Waals surface area (Å²) in [5, 5.41) is 12.1. The average Bonchev–Trinajstić information content (AvgIpc) is 3.19. The van der Waals surface area contributed by atoms with Crippen LogP contribution in [0.3, 0.4) is 0 Å². The molecule has 0 unspecified atom stereocenters. The number of hydrogen-bond acceptors (Lipinski definition) is 3. The predicted octanol–water partition coefficient (Wildman–Crippen LogP) is 1.86. The molecule has 5 nitrogen and oxygen atoms in total. The van der Waals surface area contributed by atoms with Gasteiger partial charge in [0.2, 0.25) is 5.91 Å². The van der Waals surface area contributed by atoms with Crippen molar-refractivity contribution in [3.63, 3.8) is 0 Å². The van der Waals surface area contributed by atoms with E-state index in [1.807, 2.05) is 12.1 Å². The quantitative estimate of drug-likeness (QED) is 0.840. The number of benzene rings is 1. The van der Waals surface area contributed by atoms with E-state index in [4.69, 9.17) is 21.4 Å². The second-order valence-corrected chi connectivity index (χ2v) is 5.25. The molecule has 0 bridgehead atoms. The lowest BCUT2D eigenvalue weighted by atomic mass is 10.1. The van der Waals surface area contributed by atoms with Gasteiger partial charge in [0, 0.05) is 18.7 Å². The zero-order valence-corrected chi connectivity index (χ0v) is 11.8. The van der Waals surface area contributed by atoms with Gasteiger partial charge < -0.3 is 15.2 Å². The zero-order chi connectivity index (χ0) is 14.7. The summed E-state index contributed by atoms with van der Waals surface area (Å²) in [5.41, 5.74) is 0.867. The molecule has 0 saturated heterocycles. The number of nitrogens with one attached hydrogen (secondary N) is 1. The number of rotatable bonds is 6. The topological polar surface area (TPSA) is 75.6 Å². The summed E-state index contributed by atoms with van der Waals surface area (Å²) in [7, 11) is 1.55. The van der Waals surface area contributed by atoms with Crippen LogP contribution in [0.2, 0.25) is 5.02 Å². The number of amides is 1. The van der Waals surface area contributed by atoms with E-state index in [-0.39, 0.29) is 12.0 Å². The van der Waals surface area contributed by atoms with Gasteiger partial charge >= 0.3 is 5.97 Å². The van der Waals surface area contributed by atoms with Gasteiger partial charge in [-0.2, -0.15) is 0 Å². The highest BCUT2D eigenvalue weighted by atomic mass is 35.5. The highest BCUT2D eigenvalue weighted by molar-refractivity contribution is 6.30. The number of carboxylic acids is 1. The Morgan fingerprint density at radius 2 is 2.25 bits per heavy atom. The van der Waals surface area contributed by atoms with Crippen LogP contribution >= 0.6 is 11.6 Å². The summed E-state index contributed by atoms with van der Waals surface area (Å²) in [5.74, 6) is -2.10. The van der Waals surface area contributed by atoms with Gasteiger partial charge in [0.05, 0.1) is 17.9 Å². The third kappa shape index (κ3) is 3.49. The number of carboxylic acid groups (broad SMARTS) is 1. The van der Waals surface area contributed by atoms with E-state index >= 15 is 0 Å². The van der Waals surface area contributed by atoms with Gasteiger partial charge in [-0.25, -0.2) is 0 Å². The second-order valence-electron chi connectivity index (χ2n) is 4.81. The number of methoxy groups -OCH3 is 1. The van der Waals surface area contributed by atoms with Crippen LogP contribution in [0.25, 0.3) is 0 Å². The molecule has 1 aromatic carbocycles. The Hall–Kier alpha value is -1.59. The molecule has 0 aliphatic heterocycles. The minimum atomic E-state index is -0.914. The van der Waals surface area contributed by atoms with Crippen LogP contribution in [0.5, 0.6) is 0 Å². The molecule has 108 valence electrons. The molecular formula is C14H16ClNO4. The summed E-state index contributed by atoms with van der Waals surface area (Å²) >= 11 is 5.91. The van der Waals surface area contributed by atoms with E-state index in [9.17, 15) is 9.59 Å². The van der Waals surface area contributed by atoms with Crippen LogP contribution in [0, 0.1) is 11.8 Å². The molecule has 3 atom stereocenters. The monoisotopic (exact) mass is 297 g/mol. The maximum absolute atomic E-state index is 11.8.